The molecule has 3 aromatic rings. The molecule has 0 bridgehead atoms. The Morgan fingerprint density at radius 3 is 2.10 bits per heavy atom. The molecule has 0 aromatic heterocycles. The monoisotopic (exact) mass is 279 g/mol. The van der Waals surface area contributed by atoms with Crippen LogP contribution in [0.15, 0.2) is 66.7 Å². The van der Waals surface area contributed by atoms with Crippen molar-refractivity contribution in [3.63, 3.8) is 0 Å². The molecule has 21 heavy (non-hydrogen) atoms. The number of hydrogen-bond acceptors (Lipinski definition) is 2. The van der Waals surface area contributed by atoms with Gasteiger partial charge in [-0.05, 0) is 22.4 Å². The zero-order valence-electron chi connectivity index (χ0n) is 12.1. The quantitative estimate of drug-likeness (QED) is 0.463. The van der Waals surface area contributed by atoms with Gasteiger partial charge in [0.05, 0.1) is 10.5 Å². The Morgan fingerprint density at radius 1 is 0.762 bits per heavy atom. The lowest BCUT2D eigenvalue weighted by atomic mass is 9.97. The minimum Gasteiger partial charge on any atom is -0.258 e. The Kier molecular flexibility index (Phi) is 4.67. The molecule has 106 valence electrons. The van der Waals surface area contributed by atoms with Crippen molar-refractivity contribution < 1.29 is 4.92 Å². The molecule has 0 aliphatic heterocycles. The third kappa shape index (κ3) is 2.92. The number of hydrogen-bond donors (Lipinski definition) is 0. The molecule has 3 heteroatoms. The first-order valence-electron chi connectivity index (χ1n) is 6.99. The minimum absolute atomic E-state index is 0.138. The molecule has 0 radical (unpaired) electrons. The van der Waals surface area contributed by atoms with E-state index in [1.54, 1.807) is 12.1 Å². The second kappa shape index (κ2) is 6.66. The molecule has 3 rings (SSSR count). The van der Waals surface area contributed by atoms with Crippen LogP contribution in [0.25, 0.3) is 21.9 Å². The Morgan fingerprint density at radius 2 is 1.33 bits per heavy atom. The Bertz CT molecular complexity index is 761. The van der Waals surface area contributed by atoms with Crippen LogP contribution in [0.2, 0.25) is 0 Å². The van der Waals surface area contributed by atoms with Gasteiger partial charge in [0.1, 0.15) is 0 Å². The number of fused-ring (bicyclic) bond motifs is 1. The number of nitro groups is 1. The van der Waals surface area contributed by atoms with E-state index >= 15 is 0 Å². The zero-order valence-corrected chi connectivity index (χ0v) is 12.1. The van der Waals surface area contributed by atoms with Crippen molar-refractivity contribution in [2.24, 2.45) is 0 Å². The van der Waals surface area contributed by atoms with Crippen LogP contribution in [0.3, 0.4) is 0 Å². The van der Waals surface area contributed by atoms with Crippen LogP contribution >= 0.6 is 0 Å². The highest BCUT2D eigenvalue weighted by atomic mass is 16.6. The number of para-hydroxylation sites is 1. The van der Waals surface area contributed by atoms with Gasteiger partial charge in [0.2, 0.25) is 0 Å². The molecule has 0 N–H and O–H groups in total. The molecule has 3 nitrogen and oxygen atoms in total. The summed E-state index contributed by atoms with van der Waals surface area (Å²) in [4.78, 5) is 10.8. The maximum atomic E-state index is 11.1. The van der Waals surface area contributed by atoms with Crippen molar-refractivity contribution in [3.8, 4) is 11.1 Å². The molecule has 3 aromatic carbocycles. The number of nitrogens with zero attached hydrogens (tertiary/aromatic N) is 1. The van der Waals surface area contributed by atoms with Crippen molar-refractivity contribution >= 4 is 16.5 Å². The first-order chi connectivity index (χ1) is 10.3. The van der Waals surface area contributed by atoms with E-state index in [4.69, 9.17) is 0 Å². The summed E-state index contributed by atoms with van der Waals surface area (Å²) in [6, 6.07) is 20.6. The zero-order chi connectivity index (χ0) is 15.2. The van der Waals surface area contributed by atoms with Crippen molar-refractivity contribution in [3.05, 3.63) is 76.8 Å². The summed E-state index contributed by atoms with van der Waals surface area (Å²) in [6.07, 6.45) is 0. The lowest BCUT2D eigenvalue weighted by Gasteiger charge is -2.07. The predicted octanol–water partition coefficient (Wildman–Crippen LogP) is 5.44. The molecule has 0 aliphatic rings. The first-order valence-corrected chi connectivity index (χ1v) is 6.99. The lowest BCUT2D eigenvalue weighted by molar-refractivity contribution is -0.384. The number of nitro benzene ring substituents is 1. The molecule has 0 heterocycles. The predicted molar refractivity (Wildman–Crippen MR) is 87.4 cm³/mol. The van der Waals surface area contributed by atoms with Gasteiger partial charge < -0.3 is 0 Å². The highest BCUT2D eigenvalue weighted by Crippen LogP contribution is 2.34. The van der Waals surface area contributed by atoms with Crippen LogP contribution in [-0.2, 0) is 0 Å². The summed E-state index contributed by atoms with van der Waals surface area (Å²) >= 11 is 0. The van der Waals surface area contributed by atoms with Gasteiger partial charge in [-0.15, -0.1) is 0 Å². The highest BCUT2D eigenvalue weighted by Gasteiger charge is 2.15. The summed E-state index contributed by atoms with van der Waals surface area (Å²) in [6.45, 7) is 4.00. The molecule has 0 saturated heterocycles. The summed E-state index contributed by atoms with van der Waals surface area (Å²) in [5, 5.41) is 13.2. The largest absolute Gasteiger partial charge is 0.277 e. The van der Waals surface area contributed by atoms with E-state index in [0.717, 1.165) is 16.3 Å². The van der Waals surface area contributed by atoms with Crippen molar-refractivity contribution in [2.45, 2.75) is 13.8 Å². The molecular weight excluding hydrogens is 262 g/mol. The van der Waals surface area contributed by atoms with Crippen LogP contribution in [0.5, 0.6) is 0 Å². The van der Waals surface area contributed by atoms with Gasteiger partial charge in [-0.1, -0.05) is 68.4 Å². The van der Waals surface area contributed by atoms with Crippen LogP contribution in [0.4, 0.5) is 5.69 Å². The second-order valence-corrected chi connectivity index (χ2v) is 4.30. The maximum Gasteiger partial charge on any atom is 0.277 e. The minimum atomic E-state index is -0.336. The fourth-order valence-corrected chi connectivity index (χ4v) is 2.32. The molecule has 0 saturated carbocycles. The molecule has 0 aliphatic carbocycles. The van der Waals surface area contributed by atoms with Gasteiger partial charge >= 0.3 is 0 Å². The van der Waals surface area contributed by atoms with E-state index in [-0.39, 0.29) is 10.6 Å². The summed E-state index contributed by atoms with van der Waals surface area (Å²) in [7, 11) is 0. The molecule has 0 spiro atoms. The van der Waals surface area contributed by atoms with Crippen LogP contribution in [0, 0.1) is 10.1 Å². The third-order valence-electron chi connectivity index (χ3n) is 3.18. The standard InChI is InChI=1S/C16H11NO2.C2H6/c18-17(19)16-11-4-3-9-15(16)14-10-5-7-12-6-1-2-8-13(12)14;1-2/h1-11H;1-2H3. The van der Waals surface area contributed by atoms with Crippen LogP contribution in [0.1, 0.15) is 13.8 Å². The smallest absolute Gasteiger partial charge is 0.258 e. The SMILES string of the molecule is CC.O=[N+]([O-])c1ccccc1-c1cccc2ccccc12. The molecule has 0 unspecified atom stereocenters. The number of benzene rings is 3. The van der Waals surface area contributed by atoms with Crippen LogP contribution < -0.4 is 0 Å². The van der Waals surface area contributed by atoms with E-state index < -0.39 is 0 Å². The Labute approximate surface area is 124 Å². The number of rotatable bonds is 2. The van der Waals surface area contributed by atoms with Gasteiger partial charge in [0.25, 0.3) is 5.69 Å². The van der Waals surface area contributed by atoms with Gasteiger partial charge in [-0.3, -0.25) is 10.1 Å². The summed E-state index contributed by atoms with van der Waals surface area (Å²) in [5.74, 6) is 0. The van der Waals surface area contributed by atoms with Gasteiger partial charge in [0.15, 0.2) is 0 Å². The topological polar surface area (TPSA) is 43.1 Å². The van der Waals surface area contributed by atoms with E-state index in [1.165, 1.54) is 6.07 Å². The van der Waals surface area contributed by atoms with Crippen molar-refractivity contribution in [1.82, 2.24) is 0 Å². The molecule has 0 amide bonds. The van der Waals surface area contributed by atoms with Gasteiger partial charge in [-0.2, -0.15) is 0 Å². The summed E-state index contributed by atoms with van der Waals surface area (Å²) < 4.78 is 0. The normalized spacial score (nSPS) is 9.81. The van der Waals surface area contributed by atoms with Crippen LogP contribution in [-0.4, -0.2) is 4.92 Å². The first kappa shape index (κ1) is 14.7. The van der Waals surface area contributed by atoms with E-state index in [9.17, 15) is 10.1 Å². The van der Waals surface area contributed by atoms with Gasteiger partial charge in [0, 0.05) is 6.07 Å². The average molecular weight is 279 g/mol. The fourth-order valence-electron chi connectivity index (χ4n) is 2.32. The maximum absolute atomic E-state index is 11.1. The van der Waals surface area contributed by atoms with E-state index in [2.05, 4.69) is 0 Å². The van der Waals surface area contributed by atoms with Crippen molar-refractivity contribution in [1.29, 1.82) is 0 Å². The molecule has 0 atom stereocenters. The van der Waals surface area contributed by atoms with Crippen molar-refractivity contribution in [2.75, 3.05) is 0 Å². The Balaban J connectivity index is 0.000000774. The van der Waals surface area contributed by atoms with Gasteiger partial charge in [-0.25, -0.2) is 0 Å². The fraction of sp³-hybridized carbons (Fsp3) is 0.111. The Hall–Kier alpha value is -2.68. The summed E-state index contributed by atoms with van der Waals surface area (Å²) in [5.41, 5.74) is 1.69. The molecular formula is C18H17NO2. The third-order valence-corrected chi connectivity index (χ3v) is 3.18. The lowest BCUT2D eigenvalue weighted by Crippen LogP contribution is -1.92. The van der Waals surface area contributed by atoms with E-state index in [1.807, 2.05) is 62.4 Å². The van der Waals surface area contributed by atoms with E-state index in [0.29, 0.717) is 5.56 Å². The average Bonchev–Trinajstić information content (AvgIpc) is 2.56. The highest BCUT2D eigenvalue weighted by molar-refractivity contribution is 5.98. The second-order valence-electron chi connectivity index (χ2n) is 4.30. The molecule has 0 fully saturated rings.